The van der Waals surface area contributed by atoms with E-state index in [1.54, 1.807) is 7.11 Å². The van der Waals surface area contributed by atoms with E-state index in [4.69, 9.17) is 9.47 Å². The molecule has 3 aromatic rings. The summed E-state index contributed by atoms with van der Waals surface area (Å²) in [5.41, 5.74) is 1.69. The first kappa shape index (κ1) is 19.9. The van der Waals surface area contributed by atoms with Gasteiger partial charge in [0.05, 0.1) is 18.6 Å². The van der Waals surface area contributed by atoms with Crippen LogP contribution in [0.15, 0.2) is 30.6 Å². The molecule has 0 unspecified atom stereocenters. The Morgan fingerprint density at radius 2 is 1.88 bits per heavy atom. The second-order valence-corrected chi connectivity index (χ2v) is 6.77. The number of hydrogen-bond donors (Lipinski definition) is 1. The van der Waals surface area contributed by atoms with E-state index >= 15 is 0 Å². The molecular formula is C18H20ClN3O3S. The van der Waals surface area contributed by atoms with Crippen LogP contribution < -0.4 is 10.1 Å². The number of hydrogen-bond acceptors (Lipinski definition) is 7. The van der Waals surface area contributed by atoms with Gasteiger partial charge in [-0.1, -0.05) is 0 Å². The average molecular weight is 394 g/mol. The van der Waals surface area contributed by atoms with E-state index in [-0.39, 0.29) is 24.5 Å². The molecule has 26 heavy (non-hydrogen) atoms. The Labute approximate surface area is 162 Å². The van der Waals surface area contributed by atoms with Crippen molar-refractivity contribution in [1.82, 2.24) is 9.97 Å². The fourth-order valence-electron chi connectivity index (χ4n) is 2.44. The van der Waals surface area contributed by atoms with Crippen molar-refractivity contribution in [2.45, 2.75) is 26.9 Å². The van der Waals surface area contributed by atoms with Crippen molar-refractivity contribution in [2.24, 2.45) is 0 Å². The number of anilines is 2. The molecule has 0 saturated heterocycles. The summed E-state index contributed by atoms with van der Waals surface area (Å²) in [6, 6.07) is 7.55. The average Bonchev–Trinajstić information content (AvgIpc) is 2.93. The Balaban J connectivity index is 0.00000243. The Hall–Kier alpha value is -2.38. The SMILES string of the molecule is COc1ccc(Nc2ncnc3sc(C(=O)OC(C)C)c(C)c23)cc1.Cl. The lowest BCUT2D eigenvalue weighted by molar-refractivity contribution is 0.0383. The fraction of sp³-hybridized carbons (Fsp3) is 0.278. The highest BCUT2D eigenvalue weighted by molar-refractivity contribution is 7.20. The third-order valence-corrected chi connectivity index (χ3v) is 4.79. The Morgan fingerprint density at radius 3 is 2.50 bits per heavy atom. The topological polar surface area (TPSA) is 73.3 Å². The lowest BCUT2D eigenvalue weighted by Gasteiger charge is -2.08. The number of esters is 1. The first-order chi connectivity index (χ1) is 12.0. The number of benzene rings is 1. The van der Waals surface area contributed by atoms with Crippen LogP contribution in [0, 0.1) is 6.92 Å². The monoisotopic (exact) mass is 393 g/mol. The lowest BCUT2D eigenvalue weighted by atomic mass is 10.2. The normalized spacial score (nSPS) is 10.5. The van der Waals surface area contributed by atoms with E-state index in [0.29, 0.717) is 10.7 Å². The number of fused-ring (bicyclic) bond motifs is 1. The third-order valence-electron chi connectivity index (χ3n) is 3.61. The number of ether oxygens (including phenoxy) is 2. The van der Waals surface area contributed by atoms with Gasteiger partial charge in [-0.15, -0.1) is 23.7 Å². The van der Waals surface area contributed by atoms with Gasteiger partial charge in [0.25, 0.3) is 0 Å². The van der Waals surface area contributed by atoms with Crippen LogP contribution in [0.25, 0.3) is 10.2 Å². The van der Waals surface area contributed by atoms with E-state index < -0.39 is 0 Å². The highest BCUT2D eigenvalue weighted by Gasteiger charge is 2.21. The molecule has 138 valence electrons. The van der Waals surface area contributed by atoms with Gasteiger partial charge in [-0.05, 0) is 50.6 Å². The van der Waals surface area contributed by atoms with Crippen LogP contribution >= 0.6 is 23.7 Å². The number of halogens is 1. The molecule has 0 saturated carbocycles. The maximum Gasteiger partial charge on any atom is 0.348 e. The quantitative estimate of drug-likeness (QED) is 0.631. The van der Waals surface area contributed by atoms with Crippen molar-refractivity contribution in [1.29, 1.82) is 0 Å². The van der Waals surface area contributed by atoms with Crippen LogP contribution in [0.5, 0.6) is 5.75 Å². The number of thiophene rings is 1. The van der Waals surface area contributed by atoms with Gasteiger partial charge in [-0.2, -0.15) is 0 Å². The minimum atomic E-state index is -0.328. The van der Waals surface area contributed by atoms with E-state index in [1.807, 2.05) is 45.0 Å². The summed E-state index contributed by atoms with van der Waals surface area (Å²) in [6.45, 7) is 5.55. The van der Waals surface area contributed by atoms with E-state index in [1.165, 1.54) is 17.7 Å². The summed E-state index contributed by atoms with van der Waals surface area (Å²) in [4.78, 5) is 22.2. The Morgan fingerprint density at radius 1 is 1.19 bits per heavy atom. The molecule has 0 spiro atoms. The molecule has 8 heteroatoms. The molecule has 0 aliphatic carbocycles. The van der Waals surface area contributed by atoms with Crippen LogP contribution in [0.4, 0.5) is 11.5 Å². The van der Waals surface area contributed by atoms with Gasteiger partial charge in [-0.25, -0.2) is 14.8 Å². The summed E-state index contributed by atoms with van der Waals surface area (Å²) < 4.78 is 10.5. The number of aromatic nitrogens is 2. The second kappa shape index (κ2) is 8.33. The molecule has 2 aromatic heterocycles. The summed E-state index contributed by atoms with van der Waals surface area (Å²) in [5.74, 6) is 1.11. The molecule has 0 aliphatic rings. The third kappa shape index (κ3) is 4.05. The van der Waals surface area contributed by atoms with E-state index in [0.717, 1.165) is 27.2 Å². The number of carbonyl (C=O) groups is 1. The minimum absolute atomic E-state index is 0. The maximum atomic E-state index is 12.3. The molecular weight excluding hydrogens is 374 g/mol. The van der Waals surface area contributed by atoms with Gasteiger partial charge < -0.3 is 14.8 Å². The number of rotatable bonds is 5. The van der Waals surface area contributed by atoms with Gasteiger partial charge in [-0.3, -0.25) is 0 Å². The highest BCUT2D eigenvalue weighted by Crippen LogP contribution is 2.35. The molecule has 0 fully saturated rings. The molecule has 0 radical (unpaired) electrons. The lowest BCUT2D eigenvalue weighted by Crippen LogP contribution is -2.11. The van der Waals surface area contributed by atoms with Crippen LogP contribution in [-0.4, -0.2) is 29.2 Å². The molecule has 1 aromatic carbocycles. The first-order valence-corrected chi connectivity index (χ1v) is 8.67. The number of nitrogens with zero attached hydrogens (tertiary/aromatic N) is 2. The van der Waals surface area contributed by atoms with Gasteiger partial charge in [0.1, 0.15) is 27.6 Å². The van der Waals surface area contributed by atoms with Crippen LogP contribution in [0.2, 0.25) is 0 Å². The van der Waals surface area contributed by atoms with Gasteiger partial charge in [0, 0.05) is 5.69 Å². The standard InChI is InChI=1S/C18H19N3O3S.ClH/c1-10(2)24-18(22)15-11(3)14-16(19-9-20-17(14)25-15)21-12-5-7-13(23-4)8-6-12;/h5-10H,1-4H3,(H,19,20,21);1H. The molecule has 1 N–H and O–H groups in total. The van der Waals surface area contributed by atoms with Crippen LogP contribution in [0.1, 0.15) is 29.1 Å². The van der Waals surface area contributed by atoms with Crippen molar-refractivity contribution in [3.05, 3.63) is 41.0 Å². The maximum absolute atomic E-state index is 12.3. The smallest absolute Gasteiger partial charge is 0.348 e. The minimum Gasteiger partial charge on any atom is -0.497 e. The number of nitrogens with one attached hydrogen (secondary N) is 1. The van der Waals surface area contributed by atoms with E-state index in [9.17, 15) is 4.79 Å². The first-order valence-electron chi connectivity index (χ1n) is 7.85. The predicted octanol–water partition coefficient (Wildman–Crippen LogP) is 4.74. The number of carbonyl (C=O) groups excluding carboxylic acids is 1. The molecule has 3 rings (SSSR count). The highest BCUT2D eigenvalue weighted by atomic mass is 35.5. The molecule has 0 bridgehead atoms. The molecule has 6 nitrogen and oxygen atoms in total. The Bertz CT molecular complexity index is 910. The fourth-order valence-corrected chi connectivity index (χ4v) is 3.47. The zero-order chi connectivity index (χ0) is 18.0. The van der Waals surface area contributed by atoms with Gasteiger partial charge in [0.15, 0.2) is 0 Å². The molecule has 0 amide bonds. The summed E-state index contributed by atoms with van der Waals surface area (Å²) in [6.07, 6.45) is 1.32. The van der Waals surface area contributed by atoms with Crippen molar-refractivity contribution in [3.8, 4) is 5.75 Å². The zero-order valence-corrected chi connectivity index (χ0v) is 16.5. The van der Waals surface area contributed by atoms with E-state index in [2.05, 4.69) is 15.3 Å². The largest absolute Gasteiger partial charge is 0.497 e. The van der Waals surface area contributed by atoms with Crippen molar-refractivity contribution in [2.75, 3.05) is 12.4 Å². The summed E-state index contributed by atoms with van der Waals surface area (Å²) in [5, 5.41) is 4.11. The van der Waals surface area contributed by atoms with Crippen molar-refractivity contribution >= 4 is 51.4 Å². The van der Waals surface area contributed by atoms with Crippen molar-refractivity contribution < 1.29 is 14.3 Å². The van der Waals surface area contributed by atoms with Crippen LogP contribution in [0.3, 0.4) is 0 Å². The van der Waals surface area contributed by atoms with Crippen molar-refractivity contribution in [3.63, 3.8) is 0 Å². The molecule has 0 atom stereocenters. The summed E-state index contributed by atoms with van der Waals surface area (Å²) >= 11 is 1.32. The Kier molecular flexibility index (Phi) is 6.39. The van der Waals surface area contributed by atoms with Crippen LogP contribution in [-0.2, 0) is 4.74 Å². The van der Waals surface area contributed by atoms with Gasteiger partial charge in [0.2, 0.25) is 0 Å². The predicted molar refractivity (Wildman–Crippen MR) is 106 cm³/mol. The zero-order valence-electron chi connectivity index (χ0n) is 14.9. The number of aryl methyl sites for hydroxylation is 1. The number of methoxy groups -OCH3 is 1. The molecule has 0 aliphatic heterocycles. The second-order valence-electron chi connectivity index (χ2n) is 5.77. The molecule has 2 heterocycles. The van der Waals surface area contributed by atoms with Gasteiger partial charge >= 0.3 is 5.97 Å². The summed E-state index contributed by atoms with van der Waals surface area (Å²) in [7, 11) is 1.63.